The standard InChI is InChI=1S/C18H33N3O2.ClH/c1-2-11-19-12-13-20-17(22)15-7-9-16(10-8-15)21-18(23)14-5-3-4-6-14;/h14-16,19H,2-13H2,1H3,(H,20,22)(H,21,23);1H. The van der Waals surface area contributed by atoms with Crippen LogP contribution in [0.5, 0.6) is 0 Å². The molecule has 3 N–H and O–H groups in total. The van der Waals surface area contributed by atoms with Crippen LogP contribution in [0.2, 0.25) is 0 Å². The zero-order valence-corrected chi connectivity index (χ0v) is 15.8. The zero-order valence-electron chi connectivity index (χ0n) is 14.9. The Bertz CT molecular complexity index is 378. The van der Waals surface area contributed by atoms with Crippen LogP contribution in [0.1, 0.15) is 64.7 Å². The molecule has 2 aliphatic carbocycles. The normalized spacial score (nSPS) is 24.2. The molecule has 0 atom stereocenters. The molecule has 5 nitrogen and oxygen atoms in total. The number of halogens is 1. The van der Waals surface area contributed by atoms with E-state index in [-0.39, 0.29) is 42.1 Å². The first-order valence-electron chi connectivity index (χ1n) is 9.49. The molecule has 2 saturated carbocycles. The summed E-state index contributed by atoms with van der Waals surface area (Å²) in [5.74, 6) is 0.800. The van der Waals surface area contributed by atoms with Gasteiger partial charge < -0.3 is 16.0 Å². The lowest BCUT2D eigenvalue weighted by Gasteiger charge is -2.29. The molecule has 0 unspecified atom stereocenters. The number of carbonyl (C=O) groups excluding carboxylic acids is 2. The third-order valence-electron chi connectivity index (χ3n) is 5.20. The number of hydrogen-bond acceptors (Lipinski definition) is 3. The van der Waals surface area contributed by atoms with Crippen LogP contribution in [0.3, 0.4) is 0 Å². The fourth-order valence-corrected chi connectivity index (χ4v) is 3.73. The highest BCUT2D eigenvalue weighted by molar-refractivity contribution is 5.85. The van der Waals surface area contributed by atoms with Crippen molar-refractivity contribution in [2.75, 3.05) is 19.6 Å². The first-order valence-corrected chi connectivity index (χ1v) is 9.49. The number of hydrogen-bond donors (Lipinski definition) is 3. The van der Waals surface area contributed by atoms with E-state index >= 15 is 0 Å². The Kier molecular flexibility index (Phi) is 10.3. The van der Waals surface area contributed by atoms with Gasteiger partial charge in [0.15, 0.2) is 0 Å². The van der Waals surface area contributed by atoms with E-state index in [1.54, 1.807) is 0 Å². The van der Waals surface area contributed by atoms with Crippen molar-refractivity contribution in [1.82, 2.24) is 16.0 Å². The summed E-state index contributed by atoms with van der Waals surface area (Å²) in [7, 11) is 0. The van der Waals surface area contributed by atoms with Gasteiger partial charge in [-0.05, 0) is 51.5 Å². The highest BCUT2D eigenvalue weighted by atomic mass is 35.5. The summed E-state index contributed by atoms with van der Waals surface area (Å²) in [6.45, 7) is 4.68. The quantitative estimate of drug-likeness (QED) is 0.583. The van der Waals surface area contributed by atoms with Gasteiger partial charge in [-0.2, -0.15) is 0 Å². The molecule has 0 spiro atoms. The van der Waals surface area contributed by atoms with Gasteiger partial charge >= 0.3 is 0 Å². The lowest BCUT2D eigenvalue weighted by Crippen LogP contribution is -2.43. The Labute approximate surface area is 152 Å². The minimum absolute atomic E-state index is 0. The van der Waals surface area contributed by atoms with Crippen molar-refractivity contribution in [2.24, 2.45) is 11.8 Å². The SMILES string of the molecule is CCCNCCNC(=O)C1CCC(NC(=O)C2CCCC2)CC1.Cl. The molecule has 0 bridgehead atoms. The van der Waals surface area contributed by atoms with Crippen LogP contribution in [-0.2, 0) is 9.59 Å². The van der Waals surface area contributed by atoms with E-state index < -0.39 is 0 Å². The molecule has 2 amide bonds. The second-order valence-corrected chi connectivity index (χ2v) is 7.08. The maximum atomic E-state index is 12.2. The summed E-state index contributed by atoms with van der Waals surface area (Å²) in [5.41, 5.74) is 0. The summed E-state index contributed by atoms with van der Waals surface area (Å²) in [4.78, 5) is 24.3. The molecule has 0 saturated heterocycles. The zero-order chi connectivity index (χ0) is 16.5. The molecule has 24 heavy (non-hydrogen) atoms. The van der Waals surface area contributed by atoms with E-state index in [9.17, 15) is 9.59 Å². The molecule has 0 aromatic rings. The van der Waals surface area contributed by atoms with E-state index in [0.717, 1.165) is 58.0 Å². The Hall–Kier alpha value is -0.810. The van der Waals surface area contributed by atoms with E-state index in [4.69, 9.17) is 0 Å². The molecular weight excluding hydrogens is 326 g/mol. The van der Waals surface area contributed by atoms with Gasteiger partial charge in [-0.25, -0.2) is 0 Å². The van der Waals surface area contributed by atoms with Gasteiger partial charge in [0.1, 0.15) is 0 Å². The van der Waals surface area contributed by atoms with Crippen molar-refractivity contribution < 1.29 is 9.59 Å². The van der Waals surface area contributed by atoms with Crippen LogP contribution in [0.4, 0.5) is 0 Å². The van der Waals surface area contributed by atoms with Gasteiger partial charge in [-0.1, -0.05) is 19.8 Å². The van der Waals surface area contributed by atoms with Gasteiger partial charge in [-0.3, -0.25) is 9.59 Å². The van der Waals surface area contributed by atoms with Gasteiger partial charge in [0.05, 0.1) is 0 Å². The summed E-state index contributed by atoms with van der Waals surface area (Å²) in [6.07, 6.45) is 9.26. The smallest absolute Gasteiger partial charge is 0.223 e. The van der Waals surface area contributed by atoms with Crippen molar-refractivity contribution in [2.45, 2.75) is 70.8 Å². The Balaban J connectivity index is 0.00000288. The first-order chi connectivity index (χ1) is 11.2. The first kappa shape index (κ1) is 21.2. The van der Waals surface area contributed by atoms with Crippen LogP contribution >= 0.6 is 12.4 Å². The molecule has 0 heterocycles. The molecule has 0 radical (unpaired) electrons. The largest absolute Gasteiger partial charge is 0.355 e. The van der Waals surface area contributed by atoms with E-state index in [1.807, 2.05) is 0 Å². The second kappa shape index (κ2) is 11.7. The van der Waals surface area contributed by atoms with Crippen LogP contribution < -0.4 is 16.0 Å². The van der Waals surface area contributed by atoms with Gasteiger partial charge in [0.25, 0.3) is 0 Å². The maximum absolute atomic E-state index is 12.2. The predicted molar refractivity (Wildman–Crippen MR) is 99.3 cm³/mol. The van der Waals surface area contributed by atoms with E-state index in [0.29, 0.717) is 6.54 Å². The maximum Gasteiger partial charge on any atom is 0.223 e. The fourth-order valence-electron chi connectivity index (χ4n) is 3.73. The fraction of sp³-hybridized carbons (Fsp3) is 0.889. The summed E-state index contributed by atoms with van der Waals surface area (Å²) in [6, 6.07) is 0.276. The number of amides is 2. The van der Waals surface area contributed by atoms with E-state index in [2.05, 4.69) is 22.9 Å². The van der Waals surface area contributed by atoms with Crippen molar-refractivity contribution in [3.8, 4) is 0 Å². The highest BCUT2D eigenvalue weighted by Crippen LogP contribution is 2.27. The number of nitrogens with one attached hydrogen (secondary N) is 3. The third kappa shape index (κ3) is 6.98. The molecule has 0 aromatic heterocycles. The van der Waals surface area contributed by atoms with Gasteiger partial charge in [-0.15, -0.1) is 12.4 Å². The summed E-state index contributed by atoms with van der Waals surface area (Å²) < 4.78 is 0. The minimum atomic E-state index is 0. The van der Waals surface area contributed by atoms with Crippen molar-refractivity contribution in [1.29, 1.82) is 0 Å². The van der Waals surface area contributed by atoms with Crippen LogP contribution in [0.25, 0.3) is 0 Å². The van der Waals surface area contributed by atoms with Gasteiger partial charge in [0.2, 0.25) is 11.8 Å². The van der Waals surface area contributed by atoms with Crippen LogP contribution in [-0.4, -0.2) is 37.5 Å². The number of carbonyl (C=O) groups is 2. The molecule has 0 aromatic carbocycles. The lowest BCUT2D eigenvalue weighted by atomic mass is 9.85. The summed E-state index contributed by atoms with van der Waals surface area (Å²) >= 11 is 0. The molecule has 140 valence electrons. The van der Waals surface area contributed by atoms with Gasteiger partial charge in [0, 0.05) is 31.0 Å². The van der Waals surface area contributed by atoms with Crippen LogP contribution in [0, 0.1) is 11.8 Å². The monoisotopic (exact) mass is 359 g/mol. The average Bonchev–Trinajstić information content (AvgIpc) is 3.10. The van der Waals surface area contributed by atoms with Crippen molar-refractivity contribution in [3.63, 3.8) is 0 Å². The summed E-state index contributed by atoms with van der Waals surface area (Å²) in [5, 5.41) is 9.52. The van der Waals surface area contributed by atoms with Crippen molar-refractivity contribution in [3.05, 3.63) is 0 Å². The molecule has 2 aliphatic rings. The highest BCUT2D eigenvalue weighted by Gasteiger charge is 2.29. The average molecular weight is 360 g/mol. The van der Waals surface area contributed by atoms with Crippen LogP contribution in [0.15, 0.2) is 0 Å². The Morgan fingerprint density at radius 3 is 2.08 bits per heavy atom. The lowest BCUT2D eigenvalue weighted by molar-refractivity contribution is -0.126. The molecule has 6 heteroatoms. The third-order valence-corrected chi connectivity index (χ3v) is 5.20. The topological polar surface area (TPSA) is 70.2 Å². The minimum Gasteiger partial charge on any atom is -0.355 e. The second-order valence-electron chi connectivity index (χ2n) is 7.08. The molecule has 0 aliphatic heterocycles. The Morgan fingerprint density at radius 2 is 1.46 bits per heavy atom. The molecule has 2 fully saturated rings. The predicted octanol–water partition coefficient (Wildman–Crippen LogP) is 2.39. The molecular formula is C18H34ClN3O2. The van der Waals surface area contributed by atoms with E-state index in [1.165, 1.54) is 12.8 Å². The Morgan fingerprint density at radius 1 is 0.833 bits per heavy atom. The number of rotatable bonds is 8. The van der Waals surface area contributed by atoms with Crippen molar-refractivity contribution >= 4 is 24.2 Å². The molecule has 2 rings (SSSR count).